The number of carbonyl (C=O) groups is 10. The number of nitrogens with two attached hydrogens (primary N) is 2. The summed E-state index contributed by atoms with van der Waals surface area (Å²) in [6, 6.07) is 6.18. The number of aromatic nitrogens is 1. The minimum atomic E-state index is -1.74. The number of alkyl carbamates (subject to hydrolysis) is 1. The second-order valence-electron chi connectivity index (χ2n) is 21.7. The molecule has 0 bridgehead atoms. The molecule has 1 heterocycles. The van der Waals surface area contributed by atoms with Crippen molar-refractivity contribution in [2.24, 2.45) is 23.5 Å². The van der Waals surface area contributed by atoms with Crippen molar-refractivity contribution in [3.63, 3.8) is 0 Å². The van der Waals surface area contributed by atoms with Gasteiger partial charge < -0.3 is 89.8 Å². The highest BCUT2D eigenvalue weighted by Gasteiger charge is 2.38. The van der Waals surface area contributed by atoms with Gasteiger partial charge in [0.05, 0.1) is 25.4 Å². The van der Waals surface area contributed by atoms with Crippen molar-refractivity contribution in [1.82, 2.24) is 58.2 Å². The molecule has 3 rings (SSSR count). The third-order valence-corrected chi connectivity index (χ3v) is 13.7. The second kappa shape index (κ2) is 36.8. The summed E-state index contributed by atoms with van der Waals surface area (Å²) in [7, 11) is 0. The van der Waals surface area contributed by atoms with Gasteiger partial charge in [-0.1, -0.05) is 96.5 Å². The molecule has 1 unspecified atom stereocenters. The summed E-state index contributed by atoms with van der Waals surface area (Å²) >= 11 is 0. The van der Waals surface area contributed by atoms with Gasteiger partial charge in [0.2, 0.25) is 47.3 Å². The van der Waals surface area contributed by atoms with Crippen molar-refractivity contribution in [2.75, 3.05) is 25.4 Å². The van der Waals surface area contributed by atoms with Crippen LogP contribution >= 0.6 is 0 Å². The molecule has 3 aromatic rings. The Morgan fingerprint density at radius 1 is 0.621 bits per heavy atom. The van der Waals surface area contributed by atoms with Crippen LogP contribution in [0.5, 0.6) is 0 Å². The van der Waals surface area contributed by atoms with Crippen molar-refractivity contribution in [3.05, 3.63) is 95.8 Å². The van der Waals surface area contributed by atoms with Gasteiger partial charge in [0.25, 0.3) is 0 Å². The molecule has 0 saturated carbocycles. The first kappa shape index (κ1) is 72.3. The number of carbonyl (C=O) groups excluding carboxylic acids is 9. The van der Waals surface area contributed by atoms with Gasteiger partial charge in [-0.25, -0.2) is 9.59 Å². The highest BCUT2D eigenvalue weighted by molar-refractivity contribution is 5.98. The minimum absolute atomic E-state index is 0.0371. The zero-order valence-electron chi connectivity index (χ0n) is 50.0. The third kappa shape index (κ3) is 25.7. The summed E-state index contributed by atoms with van der Waals surface area (Å²) < 4.78 is 5.40. The van der Waals surface area contributed by atoms with Crippen molar-refractivity contribution in [1.29, 1.82) is 5.41 Å². The number of guanidine groups is 1. The lowest BCUT2D eigenvalue weighted by atomic mass is 9.96. The van der Waals surface area contributed by atoms with Gasteiger partial charge in [0.1, 0.15) is 54.9 Å². The summed E-state index contributed by atoms with van der Waals surface area (Å²) in [5, 5.41) is 73.6. The molecule has 29 nitrogen and oxygen atoms in total. The van der Waals surface area contributed by atoms with Gasteiger partial charge in [0.15, 0.2) is 5.96 Å². The number of nitrogen functional groups attached to an aromatic ring is 1. The van der Waals surface area contributed by atoms with Gasteiger partial charge in [-0.05, 0) is 78.8 Å². The van der Waals surface area contributed by atoms with E-state index in [2.05, 4.69) is 58.2 Å². The van der Waals surface area contributed by atoms with Crippen LogP contribution in [0.4, 0.5) is 10.5 Å². The molecule has 0 aliphatic heterocycles. The van der Waals surface area contributed by atoms with E-state index in [1.54, 1.807) is 108 Å². The van der Waals surface area contributed by atoms with Crippen molar-refractivity contribution in [2.45, 2.75) is 154 Å². The predicted octanol–water partition coefficient (Wildman–Crippen LogP) is -1.92. The number of aliphatic hydroxyl groups is 3. The average Bonchev–Trinajstić information content (AvgIpc) is 3.30. The lowest BCUT2D eigenvalue weighted by Crippen LogP contribution is -2.63. The first-order valence-electron chi connectivity index (χ1n) is 28.5. The Hall–Kier alpha value is -8.96. The van der Waals surface area contributed by atoms with E-state index in [9.17, 15) is 68.4 Å². The highest BCUT2D eigenvalue weighted by Crippen LogP contribution is 2.16. The number of rotatable bonds is 36. The Bertz CT molecular complexity index is 2780. The monoisotopic (exact) mass is 1220 g/mol. The standard InChI is InChI=1S/C58H86N14O15/c1-8-33(6)45(54(82)71-46(34(7)74)53(81)64-28-44(75)65-41(26-37-18-13-21-62-27-37)51(79)68-43(29-73)56(84)85)70-49(77)39(20-14-22-63-57(60)61)66-50(78)40(23-31(2)3)67-55(83)47(48(76)32(4)5)72-52(80)42(25-36-17-12-19-38(59)24-36)69-58(86)87-30-35-15-10-9-11-16-35/h9-13,15-19,21,24,27,31-34,39-43,45-48,73-74,76H,8,14,20,22-23,25-26,28-30,59H2,1-7H3,(H,64,81)(H,65,75)(H,66,78)(H,67,83)(H,68,79)(H,69,86)(H,70,77)(H,71,82)(H,72,80)(H,84,85)(H4,60,61,63)/t33-,34-,39+,40-,41-,42-,43-,45-,46-,47-,48?/m0/s1. The number of carboxylic acid groups (broad SMARTS) is 1. The van der Waals surface area contributed by atoms with E-state index in [4.69, 9.17) is 21.6 Å². The largest absolute Gasteiger partial charge is 0.480 e. The van der Waals surface area contributed by atoms with E-state index in [-0.39, 0.29) is 63.6 Å². The summed E-state index contributed by atoms with van der Waals surface area (Å²) in [5.41, 5.74) is 13.5. The number of ether oxygens (including phenoxy) is 1. The lowest BCUT2D eigenvalue weighted by molar-refractivity contribution is -0.143. The molecule has 0 spiro atoms. The van der Waals surface area contributed by atoms with Gasteiger partial charge in [-0.2, -0.15) is 0 Å². The lowest BCUT2D eigenvalue weighted by Gasteiger charge is -2.31. The van der Waals surface area contributed by atoms with E-state index in [1.165, 1.54) is 19.3 Å². The second-order valence-corrected chi connectivity index (χ2v) is 21.7. The molecule has 0 aliphatic carbocycles. The number of aliphatic hydroxyl groups excluding tert-OH is 3. The Balaban J connectivity index is 1.87. The topological polar surface area (TPSA) is 470 Å². The molecule has 19 N–H and O–H groups in total. The maximum atomic E-state index is 14.5. The number of pyridine rings is 1. The number of carboxylic acids is 1. The first-order chi connectivity index (χ1) is 41.1. The number of benzene rings is 2. The fourth-order valence-corrected chi connectivity index (χ4v) is 8.60. The van der Waals surface area contributed by atoms with E-state index in [0.717, 1.165) is 0 Å². The molecular weight excluding hydrogens is 1130 g/mol. The molecule has 478 valence electrons. The SMILES string of the molecule is CC[C@H](C)[C@H](NC(=O)[C@@H](CCCNC(=N)N)NC(=O)[C@H](CC(C)C)NC(=O)[C@@H](NC(=O)[C@H](Cc1cccc(N)c1)NC(=O)OCc1ccccc1)C(O)C(C)C)C(=O)N[C@H](C(=O)NCC(=O)N[C@@H](Cc1cccnc1)C(=O)N[C@@H](CO)C(=O)O)[C@H](C)O. The summed E-state index contributed by atoms with van der Waals surface area (Å²) in [6.07, 6.45) is -1.37. The zero-order valence-corrected chi connectivity index (χ0v) is 50.0. The van der Waals surface area contributed by atoms with Crippen LogP contribution in [0.2, 0.25) is 0 Å². The van der Waals surface area contributed by atoms with Crippen LogP contribution < -0.4 is 64.6 Å². The first-order valence-corrected chi connectivity index (χ1v) is 28.5. The fourth-order valence-electron chi connectivity index (χ4n) is 8.60. The van der Waals surface area contributed by atoms with Crippen LogP contribution in [0.15, 0.2) is 79.1 Å². The van der Waals surface area contributed by atoms with Crippen LogP contribution in [0.25, 0.3) is 0 Å². The maximum Gasteiger partial charge on any atom is 0.408 e. The van der Waals surface area contributed by atoms with E-state index < -0.39 is 145 Å². The number of amides is 9. The summed E-state index contributed by atoms with van der Waals surface area (Å²) in [5.74, 6) is -11.2. The Kier molecular flexibility index (Phi) is 30.6. The number of anilines is 1. The molecule has 0 saturated heterocycles. The zero-order chi connectivity index (χ0) is 64.9. The summed E-state index contributed by atoms with van der Waals surface area (Å²) in [6.45, 7) is 9.33. The van der Waals surface area contributed by atoms with E-state index in [1.807, 2.05) is 0 Å². The van der Waals surface area contributed by atoms with E-state index >= 15 is 0 Å². The highest BCUT2D eigenvalue weighted by atomic mass is 16.5. The quantitative estimate of drug-likeness (QED) is 0.0131. The maximum absolute atomic E-state index is 14.5. The molecule has 87 heavy (non-hydrogen) atoms. The Morgan fingerprint density at radius 3 is 1.77 bits per heavy atom. The third-order valence-electron chi connectivity index (χ3n) is 13.7. The van der Waals surface area contributed by atoms with Crippen LogP contribution in [0.1, 0.15) is 90.8 Å². The molecular formula is C58H86N14O15. The van der Waals surface area contributed by atoms with Crippen LogP contribution in [-0.4, -0.2) is 171 Å². The normalized spacial score (nSPS) is 14.9. The van der Waals surface area contributed by atoms with Gasteiger partial charge in [0, 0.05) is 37.5 Å². The van der Waals surface area contributed by atoms with Crippen LogP contribution in [0.3, 0.4) is 0 Å². The molecule has 1 aromatic heterocycles. The number of aliphatic carboxylic acids is 1. The molecule has 11 atom stereocenters. The number of nitrogens with one attached hydrogen (secondary N) is 11. The van der Waals surface area contributed by atoms with Crippen molar-refractivity contribution >= 4 is 71.0 Å². The van der Waals surface area contributed by atoms with Crippen LogP contribution in [0, 0.1) is 23.2 Å². The minimum Gasteiger partial charge on any atom is -0.480 e. The Morgan fingerprint density at radius 2 is 1.18 bits per heavy atom. The Labute approximate surface area is 504 Å². The van der Waals surface area contributed by atoms with Crippen molar-refractivity contribution in [3.8, 4) is 0 Å². The van der Waals surface area contributed by atoms with Gasteiger partial charge in [-0.3, -0.25) is 48.7 Å². The smallest absolute Gasteiger partial charge is 0.408 e. The van der Waals surface area contributed by atoms with Gasteiger partial charge >= 0.3 is 12.1 Å². The van der Waals surface area contributed by atoms with E-state index in [0.29, 0.717) is 22.4 Å². The molecule has 9 amide bonds. The fraction of sp³-hybridized carbons (Fsp3) is 0.517. The molecule has 29 heteroatoms. The van der Waals surface area contributed by atoms with Gasteiger partial charge in [-0.15, -0.1) is 0 Å². The molecule has 0 radical (unpaired) electrons. The average molecular weight is 1220 g/mol. The number of nitrogens with zero attached hydrogens (tertiary/aromatic N) is 1. The van der Waals surface area contributed by atoms with Crippen LogP contribution in [-0.2, 0) is 67.3 Å². The van der Waals surface area contributed by atoms with Crippen molar-refractivity contribution < 1.29 is 73.1 Å². The number of hydrogen-bond acceptors (Lipinski definition) is 17. The molecule has 0 fully saturated rings. The number of hydrogen-bond donors (Lipinski definition) is 17. The summed E-state index contributed by atoms with van der Waals surface area (Å²) in [4.78, 5) is 140. The molecule has 0 aliphatic rings. The predicted molar refractivity (Wildman–Crippen MR) is 318 cm³/mol. The molecule has 2 aromatic carbocycles.